The van der Waals surface area contributed by atoms with Crippen LogP contribution in [0.1, 0.15) is 42.5 Å². The van der Waals surface area contributed by atoms with E-state index in [1.807, 2.05) is 12.1 Å². The Bertz CT molecular complexity index is 830. The van der Waals surface area contributed by atoms with Crippen LogP contribution < -0.4 is 10.2 Å². The maximum Gasteiger partial charge on any atom is 0.335 e. The number of rotatable bonds is 5. The van der Waals surface area contributed by atoms with Crippen molar-refractivity contribution < 1.29 is 14.6 Å². The summed E-state index contributed by atoms with van der Waals surface area (Å²) in [6.45, 7) is 2.67. The van der Waals surface area contributed by atoms with E-state index in [2.05, 4.69) is 15.2 Å². The highest BCUT2D eigenvalue weighted by atomic mass is 16.5. The first-order valence-corrected chi connectivity index (χ1v) is 10.00. The van der Waals surface area contributed by atoms with Gasteiger partial charge in [0.25, 0.3) is 0 Å². The lowest BCUT2D eigenvalue weighted by Gasteiger charge is -2.28. The highest BCUT2D eigenvalue weighted by Gasteiger charge is 2.18. The van der Waals surface area contributed by atoms with Gasteiger partial charge in [0, 0.05) is 30.9 Å². The molecule has 148 valence electrons. The van der Waals surface area contributed by atoms with E-state index < -0.39 is 5.97 Å². The number of ether oxygens (including phenoxy) is 1. The fourth-order valence-electron chi connectivity index (χ4n) is 3.87. The van der Waals surface area contributed by atoms with Gasteiger partial charge in [0.2, 0.25) is 0 Å². The van der Waals surface area contributed by atoms with Crippen molar-refractivity contribution in [2.75, 3.05) is 36.5 Å². The number of hydrogen-bond acceptors (Lipinski definition) is 6. The Kier molecular flexibility index (Phi) is 5.71. The molecular weight excluding hydrogens is 356 g/mol. The summed E-state index contributed by atoms with van der Waals surface area (Å²) in [4.78, 5) is 22.9. The molecule has 2 N–H and O–H groups in total. The van der Waals surface area contributed by atoms with Gasteiger partial charge in [0.15, 0.2) is 0 Å². The number of morpholine rings is 1. The van der Waals surface area contributed by atoms with Gasteiger partial charge in [0.05, 0.1) is 24.5 Å². The zero-order chi connectivity index (χ0) is 19.3. The largest absolute Gasteiger partial charge is 0.478 e. The second-order valence-electron chi connectivity index (χ2n) is 7.41. The lowest BCUT2D eigenvalue weighted by molar-refractivity contribution is 0.0697. The van der Waals surface area contributed by atoms with Crippen molar-refractivity contribution >= 4 is 17.6 Å². The topological polar surface area (TPSA) is 87.6 Å². The van der Waals surface area contributed by atoms with Crippen LogP contribution in [0.15, 0.2) is 30.5 Å². The van der Waals surface area contributed by atoms with E-state index >= 15 is 0 Å². The number of aromatic nitrogens is 2. The third kappa shape index (κ3) is 4.42. The molecule has 3 heterocycles. The van der Waals surface area contributed by atoms with E-state index in [1.54, 1.807) is 18.3 Å². The van der Waals surface area contributed by atoms with E-state index in [4.69, 9.17) is 9.72 Å². The molecule has 1 saturated carbocycles. The second kappa shape index (κ2) is 8.56. The summed E-state index contributed by atoms with van der Waals surface area (Å²) in [7, 11) is 0. The summed E-state index contributed by atoms with van der Waals surface area (Å²) in [5.74, 6) is 0.546. The summed E-state index contributed by atoms with van der Waals surface area (Å²) < 4.78 is 5.40. The predicted molar refractivity (Wildman–Crippen MR) is 108 cm³/mol. The van der Waals surface area contributed by atoms with Crippen LogP contribution in [0.4, 0.5) is 11.6 Å². The summed E-state index contributed by atoms with van der Waals surface area (Å²) in [6, 6.07) is 7.57. The Hall–Kier alpha value is -2.67. The first kappa shape index (κ1) is 18.7. The number of carboxylic acid groups (broad SMARTS) is 1. The molecule has 1 aliphatic carbocycles. The van der Waals surface area contributed by atoms with Gasteiger partial charge >= 0.3 is 5.97 Å². The third-order valence-electron chi connectivity index (χ3n) is 5.41. The molecule has 0 radical (unpaired) electrons. The molecule has 2 aliphatic rings. The smallest absolute Gasteiger partial charge is 0.335 e. The van der Waals surface area contributed by atoms with Crippen LogP contribution in [0.5, 0.6) is 0 Å². The summed E-state index contributed by atoms with van der Waals surface area (Å²) >= 11 is 0. The van der Waals surface area contributed by atoms with Crippen molar-refractivity contribution in [1.82, 2.24) is 9.97 Å². The van der Waals surface area contributed by atoms with Crippen molar-refractivity contribution in [3.8, 4) is 11.3 Å². The lowest BCUT2D eigenvalue weighted by atomic mass is 9.95. The lowest BCUT2D eigenvalue weighted by Crippen LogP contribution is -2.36. The van der Waals surface area contributed by atoms with Gasteiger partial charge in [-0.25, -0.2) is 14.8 Å². The summed E-state index contributed by atoms with van der Waals surface area (Å²) in [5.41, 5.74) is 1.76. The number of carboxylic acids is 1. The number of carbonyl (C=O) groups is 1. The molecule has 1 saturated heterocycles. The summed E-state index contributed by atoms with van der Waals surface area (Å²) in [5, 5.41) is 13.1. The van der Waals surface area contributed by atoms with Crippen molar-refractivity contribution in [3.63, 3.8) is 0 Å². The molecule has 0 unspecified atom stereocenters. The van der Waals surface area contributed by atoms with Crippen molar-refractivity contribution in [3.05, 3.63) is 36.0 Å². The zero-order valence-corrected chi connectivity index (χ0v) is 15.9. The number of hydrogen-bond donors (Lipinski definition) is 2. The fourth-order valence-corrected chi connectivity index (χ4v) is 3.87. The number of aromatic carboxylic acids is 1. The standard InChI is InChI=1S/C21H26N4O3/c26-21(27)16-12-18(24-20(14-16)25-8-10-28-11-9-25)15-6-7-22-19(13-15)23-17-4-2-1-3-5-17/h6-7,12-14,17H,1-5,8-11H2,(H,22,23)(H,26,27). The molecule has 7 nitrogen and oxygen atoms in total. The van der Waals surface area contributed by atoms with Crippen LogP contribution >= 0.6 is 0 Å². The third-order valence-corrected chi connectivity index (χ3v) is 5.41. The van der Waals surface area contributed by atoms with Gasteiger partial charge < -0.3 is 20.1 Å². The highest BCUT2D eigenvalue weighted by Crippen LogP contribution is 2.27. The van der Waals surface area contributed by atoms with Crippen molar-refractivity contribution in [1.29, 1.82) is 0 Å². The van der Waals surface area contributed by atoms with Crippen LogP contribution in [0.3, 0.4) is 0 Å². The molecule has 28 heavy (non-hydrogen) atoms. The normalized spacial score (nSPS) is 18.1. The number of pyridine rings is 2. The van der Waals surface area contributed by atoms with Crippen LogP contribution in [0.25, 0.3) is 11.3 Å². The average molecular weight is 382 g/mol. The van der Waals surface area contributed by atoms with E-state index in [-0.39, 0.29) is 5.56 Å². The Labute approximate surface area is 164 Å². The first-order valence-electron chi connectivity index (χ1n) is 10.00. The molecule has 1 aliphatic heterocycles. The van der Waals surface area contributed by atoms with Gasteiger partial charge in [-0.15, -0.1) is 0 Å². The molecule has 0 spiro atoms. The van der Waals surface area contributed by atoms with Crippen LogP contribution in [0.2, 0.25) is 0 Å². The Morgan fingerprint density at radius 3 is 2.68 bits per heavy atom. The Morgan fingerprint density at radius 1 is 1.14 bits per heavy atom. The van der Waals surface area contributed by atoms with Crippen molar-refractivity contribution in [2.24, 2.45) is 0 Å². The molecule has 2 aromatic heterocycles. The molecule has 0 aromatic carbocycles. The minimum Gasteiger partial charge on any atom is -0.478 e. The first-order chi connectivity index (χ1) is 13.7. The molecule has 7 heteroatoms. The predicted octanol–water partition coefficient (Wildman–Crippen LogP) is 3.42. The Morgan fingerprint density at radius 2 is 1.93 bits per heavy atom. The van der Waals surface area contributed by atoms with E-state index in [0.717, 1.165) is 11.4 Å². The van der Waals surface area contributed by atoms with Gasteiger partial charge in [-0.3, -0.25) is 0 Å². The molecule has 0 atom stereocenters. The van der Waals surface area contributed by atoms with E-state index in [0.29, 0.717) is 43.9 Å². The van der Waals surface area contributed by atoms with Gasteiger partial charge in [-0.1, -0.05) is 19.3 Å². The van der Waals surface area contributed by atoms with Gasteiger partial charge in [0.1, 0.15) is 11.6 Å². The zero-order valence-electron chi connectivity index (χ0n) is 15.9. The molecule has 2 aromatic rings. The van der Waals surface area contributed by atoms with Crippen LogP contribution in [-0.2, 0) is 4.74 Å². The Balaban J connectivity index is 1.62. The van der Waals surface area contributed by atoms with Gasteiger partial charge in [-0.05, 0) is 37.1 Å². The van der Waals surface area contributed by atoms with E-state index in [9.17, 15) is 9.90 Å². The maximum absolute atomic E-state index is 11.7. The second-order valence-corrected chi connectivity index (χ2v) is 7.41. The average Bonchev–Trinajstić information content (AvgIpc) is 2.75. The number of anilines is 2. The summed E-state index contributed by atoms with van der Waals surface area (Å²) in [6.07, 6.45) is 7.90. The molecule has 2 fully saturated rings. The minimum absolute atomic E-state index is 0.241. The highest BCUT2D eigenvalue weighted by molar-refractivity contribution is 5.90. The quantitative estimate of drug-likeness (QED) is 0.819. The van der Waals surface area contributed by atoms with Crippen LogP contribution in [-0.4, -0.2) is 53.4 Å². The minimum atomic E-state index is -0.951. The van der Waals surface area contributed by atoms with E-state index in [1.165, 1.54) is 32.1 Å². The molecular formula is C21H26N4O3. The van der Waals surface area contributed by atoms with Gasteiger partial charge in [-0.2, -0.15) is 0 Å². The monoisotopic (exact) mass is 382 g/mol. The SMILES string of the molecule is O=C(O)c1cc(-c2ccnc(NC3CCCCC3)c2)nc(N2CCOCC2)c1. The van der Waals surface area contributed by atoms with Crippen molar-refractivity contribution in [2.45, 2.75) is 38.1 Å². The molecule has 0 bridgehead atoms. The number of nitrogens with zero attached hydrogens (tertiary/aromatic N) is 3. The molecule has 0 amide bonds. The van der Waals surface area contributed by atoms with Crippen LogP contribution in [0, 0.1) is 0 Å². The maximum atomic E-state index is 11.7. The fraction of sp³-hybridized carbons (Fsp3) is 0.476. The molecule has 4 rings (SSSR count). The number of nitrogens with one attached hydrogen (secondary N) is 1.